The molecule has 9 nitrogen and oxygen atoms in total. The molecule has 0 saturated heterocycles. The van der Waals surface area contributed by atoms with E-state index in [9.17, 15) is 9.70 Å². The Morgan fingerprint density at radius 2 is 2.10 bits per heavy atom. The Morgan fingerprint density at radius 1 is 1.29 bits per heavy atom. The van der Waals surface area contributed by atoms with E-state index in [1.165, 1.54) is 12.1 Å². The standard InChI is InChI=1S/C21H20ClN5O4/c1-30-20-10-18-14(9-15(20)21(23)28)19(6-7-24-18)31-13-4-5-17(16(22)8-13)25-11-27(26-29)12-2-3-12/h4-10,12,25H,2-3,11H2,1H3,(H2,23,28). The molecular formula is C21H20ClN5O4. The largest absolute Gasteiger partial charge is 0.496 e. The van der Waals surface area contributed by atoms with Crippen molar-refractivity contribution >= 4 is 34.1 Å². The Balaban J connectivity index is 1.57. The van der Waals surface area contributed by atoms with Gasteiger partial charge in [0.2, 0.25) is 0 Å². The minimum atomic E-state index is -0.614. The van der Waals surface area contributed by atoms with E-state index in [0.29, 0.717) is 38.9 Å². The first-order chi connectivity index (χ1) is 15.0. The average Bonchev–Trinajstić information content (AvgIpc) is 3.60. The fourth-order valence-corrected chi connectivity index (χ4v) is 3.43. The van der Waals surface area contributed by atoms with Crippen LogP contribution in [0.3, 0.4) is 0 Å². The number of halogens is 1. The van der Waals surface area contributed by atoms with Crippen molar-refractivity contribution in [1.82, 2.24) is 9.99 Å². The highest BCUT2D eigenvalue weighted by Gasteiger charge is 2.29. The highest BCUT2D eigenvalue weighted by atomic mass is 35.5. The highest BCUT2D eigenvalue weighted by Crippen LogP contribution is 2.35. The van der Waals surface area contributed by atoms with Crippen LogP contribution in [0.5, 0.6) is 17.2 Å². The molecule has 1 aliphatic rings. The van der Waals surface area contributed by atoms with Crippen LogP contribution in [0.4, 0.5) is 5.69 Å². The zero-order valence-electron chi connectivity index (χ0n) is 16.7. The van der Waals surface area contributed by atoms with Crippen LogP contribution >= 0.6 is 11.6 Å². The van der Waals surface area contributed by atoms with Gasteiger partial charge in [-0.25, -0.2) is 5.01 Å². The number of hydrogen-bond donors (Lipinski definition) is 2. The number of rotatable bonds is 9. The van der Waals surface area contributed by atoms with Crippen LogP contribution < -0.4 is 20.5 Å². The lowest BCUT2D eigenvalue weighted by molar-refractivity contribution is 0.0997. The van der Waals surface area contributed by atoms with Crippen LogP contribution in [0.1, 0.15) is 23.2 Å². The number of nitroso groups, excluding NO2 is 1. The van der Waals surface area contributed by atoms with Gasteiger partial charge in [-0.05, 0) is 37.1 Å². The van der Waals surface area contributed by atoms with Crippen molar-refractivity contribution in [3.63, 3.8) is 0 Å². The lowest BCUT2D eigenvalue weighted by Crippen LogP contribution is -2.25. The van der Waals surface area contributed by atoms with Gasteiger partial charge in [0.25, 0.3) is 5.91 Å². The molecule has 0 unspecified atom stereocenters. The number of ether oxygens (including phenoxy) is 2. The third-order valence-electron chi connectivity index (χ3n) is 4.96. The van der Waals surface area contributed by atoms with Gasteiger partial charge in [-0.2, -0.15) is 0 Å². The molecule has 1 fully saturated rings. The molecule has 0 radical (unpaired) electrons. The number of pyridine rings is 1. The predicted octanol–water partition coefficient (Wildman–Crippen LogP) is 4.30. The molecule has 0 atom stereocenters. The van der Waals surface area contributed by atoms with E-state index in [0.717, 1.165) is 12.8 Å². The summed E-state index contributed by atoms with van der Waals surface area (Å²) < 4.78 is 11.2. The van der Waals surface area contributed by atoms with Gasteiger partial charge >= 0.3 is 0 Å². The van der Waals surface area contributed by atoms with Crippen molar-refractivity contribution in [1.29, 1.82) is 0 Å². The second-order valence-corrected chi connectivity index (χ2v) is 7.48. The lowest BCUT2D eigenvalue weighted by Gasteiger charge is -2.17. The zero-order chi connectivity index (χ0) is 22.0. The van der Waals surface area contributed by atoms with E-state index in [1.807, 2.05) is 0 Å². The molecule has 0 bridgehead atoms. The zero-order valence-corrected chi connectivity index (χ0v) is 17.4. The summed E-state index contributed by atoms with van der Waals surface area (Å²) in [5, 5.41) is 8.64. The molecule has 10 heteroatoms. The summed E-state index contributed by atoms with van der Waals surface area (Å²) in [5.74, 6) is 0.703. The van der Waals surface area contributed by atoms with Crippen LogP contribution in [-0.4, -0.2) is 35.7 Å². The van der Waals surface area contributed by atoms with E-state index in [-0.39, 0.29) is 18.3 Å². The Bertz CT molecular complexity index is 1150. The summed E-state index contributed by atoms with van der Waals surface area (Å²) >= 11 is 6.38. The first-order valence-corrected chi connectivity index (χ1v) is 9.95. The lowest BCUT2D eigenvalue weighted by atomic mass is 10.1. The number of aromatic nitrogens is 1. The maximum Gasteiger partial charge on any atom is 0.252 e. The third-order valence-corrected chi connectivity index (χ3v) is 5.27. The maximum atomic E-state index is 11.8. The molecule has 1 saturated carbocycles. The number of methoxy groups -OCH3 is 1. The normalized spacial score (nSPS) is 13.0. The van der Waals surface area contributed by atoms with Crippen molar-refractivity contribution < 1.29 is 14.3 Å². The van der Waals surface area contributed by atoms with Gasteiger partial charge in [-0.3, -0.25) is 9.78 Å². The van der Waals surface area contributed by atoms with Gasteiger partial charge < -0.3 is 20.5 Å². The summed E-state index contributed by atoms with van der Waals surface area (Å²) in [7, 11) is 1.46. The molecule has 0 aliphatic heterocycles. The number of nitrogens with zero attached hydrogens (tertiary/aromatic N) is 3. The number of amides is 1. The Kier molecular flexibility index (Phi) is 5.77. The van der Waals surface area contributed by atoms with Crippen molar-refractivity contribution in [3.05, 3.63) is 58.1 Å². The molecule has 31 heavy (non-hydrogen) atoms. The van der Waals surface area contributed by atoms with Gasteiger partial charge in [-0.15, -0.1) is 4.91 Å². The van der Waals surface area contributed by atoms with Crippen molar-refractivity contribution in [2.24, 2.45) is 11.0 Å². The van der Waals surface area contributed by atoms with Crippen LogP contribution in [0.2, 0.25) is 5.02 Å². The summed E-state index contributed by atoms with van der Waals surface area (Å²) in [6.07, 6.45) is 3.53. The molecule has 2 aromatic carbocycles. The number of carbonyl (C=O) groups excluding carboxylic acids is 1. The topological polar surface area (TPSA) is 119 Å². The molecule has 1 aliphatic carbocycles. The number of primary amides is 1. The second-order valence-electron chi connectivity index (χ2n) is 7.07. The summed E-state index contributed by atoms with van der Waals surface area (Å²) in [6.45, 7) is 0.279. The van der Waals surface area contributed by atoms with Crippen molar-refractivity contribution in [2.75, 3.05) is 19.1 Å². The molecule has 3 aromatic rings. The monoisotopic (exact) mass is 441 g/mol. The summed E-state index contributed by atoms with van der Waals surface area (Å²) in [4.78, 5) is 27.0. The number of nitrogens with one attached hydrogen (secondary N) is 1. The SMILES string of the molecule is COc1cc2nccc(Oc3ccc(NCN(N=O)C4CC4)c(Cl)c3)c2cc1C(N)=O. The molecule has 1 heterocycles. The highest BCUT2D eigenvalue weighted by molar-refractivity contribution is 6.33. The maximum absolute atomic E-state index is 11.8. The Hall–Kier alpha value is -3.59. The van der Waals surface area contributed by atoms with Crippen molar-refractivity contribution in [2.45, 2.75) is 18.9 Å². The van der Waals surface area contributed by atoms with E-state index in [2.05, 4.69) is 15.6 Å². The third kappa shape index (κ3) is 4.46. The quantitative estimate of drug-likeness (QED) is 0.288. The van der Waals surface area contributed by atoms with Crippen molar-refractivity contribution in [3.8, 4) is 17.2 Å². The Morgan fingerprint density at radius 3 is 2.74 bits per heavy atom. The first-order valence-electron chi connectivity index (χ1n) is 9.58. The van der Waals surface area contributed by atoms with Crippen LogP contribution in [0.25, 0.3) is 10.9 Å². The molecule has 1 aromatic heterocycles. The fraction of sp³-hybridized carbons (Fsp3) is 0.238. The van der Waals surface area contributed by atoms with Gasteiger partial charge in [-0.1, -0.05) is 11.6 Å². The van der Waals surface area contributed by atoms with E-state index >= 15 is 0 Å². The molecule has 160 valence electrons. The number of nitrogens with two attached hydrogens (primary N) is 1. The molecule has 0 spiro atoms. The smallest absolute Gasteiger partial charge is 0.252 e. The van der Waals surface area contributed by atoms with Crippen LogP contribution in [0.15, 0.2) is 47.9 Å². The van der Waals surface area contributed by atoms with Gasteiger partial charge in [0, 0.05) is 23.7 Å². The van der Waals surface area contributed by atoms with Gasteiger partial charge in [0.05, 0.1) is 40.2 Å². The number of carbonyl (C=O) groups is 1. The molecule has 3 N–H and O–H groups in total. The summed E-state index contributed by atoms with van der Waals surface area (Å²) in [5.41, 5.74) is 6.94. The first kappa shape index (κ1) is 20.7. The number of benzene rings is 2. The van der Waals surface area contributed by atoms with Crippen LogP contribution in [0, 0.1) is 4.91 Å². The predicted molar refractivity (Wildman–Crippen MR) is 117 cm³/mol. The Labute approximate surface area is 183 Å². The fourth-order valence-electron chi connectivity index (χ4n) is 3.19. The molecule has 4 rings (SSSR count). The van der Waals surface area contributed by atoms with E-state index < -0.39 is 5.91 Å². The number of fused-ring (bicyclic) bond motifs is 1. The molecular weight excluding hydrogens is 422 g/mol. The number of hydrogen-bond acceptors (Lipinski definition) is 7. The van der Waals surface area contributed by atoms with Crippen LogP contribution in [-0.2, 0) is 0 Å². The van der Waals surface area contributed by atoms with E-state index in [1.54, 1.807) is 42.6 Å². The molecule has 1 amide bonds. The van der Waals surface area contributed by atoms with Gasteiger partial charge in [0.1, 0.15) is 23.9 Å². The number of anilines is 1. The minimum Gasteiger partial charge on any atom is -0.496 e. The minimum absolute atomic E-state index is 0.204. The van der Waals surface area contributed by atoms with E-state index in [4.69, 9.17) is 26.8 Å². The average molecular weight is 442 g/mol. The summed E-state index contributed by atoms with van der Waals surface area (Å²) in [6, 6.07) is 10.3. The second kappa shape index (κ2) is 8.65. The van der Waals surface area contributed by atoms with Gasteiger partial charge in [0.15, 0.2) is 0 Å².